The Hall–Kier alpha value is -2.90. The van der Waals surface area contributed by atoms with Crippen molar-refractivity contribution in [1.29, 1.82) is 0 Å². The third-order valence-electron chi connectivity index (χ3n) is 8.33. The van der Waals surface area contributed by atoms with Crippen LogP contribution in [-0.4, -0.2) is 50.8 Å². The molecule has 4 rings (SSSR count). The van der Waals surface area contributed by atoms with Crippen molar-refractivity contribution >= 4 is 12.0 Å². The van der Waals surface area contributed by atoms with Gasteiger partial charge in [0.2, 0.25) is 5.91 Å². The summed E-state index contributed by atoms with van der Waals surface area (Å²) in [5.41, 5.74) is 1.16. The Bertz CT molecular complexity index is 985. The predicted octanol–water partition coefficient (Wildman–Crippen LogP) is 6.36. The molecule has 39 heavy (non-hydrogen) atoms. The molecule has 8 heteroatoms. The molecular formula is C31H47N5O3. The van der Waals surface area contributed by atoms with Gasteiger partial charge in [-0.2, -0.15) is 5.10 Å². The molecule has 1 aromatic carbocycles. The zero-order valence-electron chi connectivity index (χ0n) is 23.8. The summed E-state index contributed by atoms with van der Waals surface area (Å²) in [5.74, 6) is 1.46. The Labute approximate surface area is 233 Å². The van der Waals surface area contributed by atoms with Crippen LogP contribution < -0.4 is 5.32 Å². The van der Waals surface area contributed by atoms with E-state index in [1.807, 2.05) is 32.0 Å². The van der Waals surface area contributed by atoms with E-state index in [0.717, 1.165) is 44.1 Å². The molecule has 8 nitrogen and oxygen atoms in total. The lowest BCUT2D eigenvalue weighted by Crippen LogP contribution is -2.46. The van der Waals surface area contributed by atoms with Gasteiger partial charge in [-0.05, 0) is 49.5 Å². The molecule has 2 N–H and O–H groups in total. The van der Waals surface area contributed by atoms with Crippen LogP contribution in [0.5, 0.6) is 0 Å². The highest BCUT2D eigenvalue weighted by Crippen LogP contribution is 2.33. The summed E-state index contributed by atoms with van der Waals surface area (Å²) in [6.07, 6.45) is 14.2. The number of amides is 2. The second-order valence-electron chi connectivity index (χ2n) is 11.8. The molecule has 1 unspecified atom stereocenters. The third-order valence-corrected chi connectivity index (χ3v) is 8.33. The molecule has 2 aromatic rings. The zero-order chi connectivity index (χ0) is 27.5. The number of aromatic amines is 1. The van der Waals surface area contributed by atoms with Crippen LogP contribution in [-0.2, 0) is 16.0 Å². The number of hydrogen-bond acceptors (Lipinski definition) is 5. The van der Waals surface area contributed by atoms with Crippen LogP contribution in [0, 0.1) is 11.8 Å². The number of ether oxygens (including phenoxy) is 1. The molecule has 0 spiro atoms. The molecule has 2 aliphatic carbocycles. The number of carbonyl (C=O) groups is 2. The van der Waals surface area contributed by atoms with Gasteiger partial charge >= 0.3 is 6.09 Å². The average Bonchev–Trinajstić information content (AvgIpc) is 3.50. The first-order valence-electron chi connectivity index (χ1n) is 15.1. The van der Waals surface area contributed by atoms with Gasteiger partial charge in [0, 0.05) is 24.9 Å². The molecular weight excluding hydrogens is 490 g/mol. The van der Waals surface area contributed by atoms with Crippen molar-refractivity contribution in [2.24, 2.45) is 11.8 Å². The van der Waals surface area contributed by atoms with Gasteiger partial charge < -0.3 is 15.0 Å². The maximum absolute atomic E-state index is 14.2. The monoisotopic (exact) mass is 537 g/mol. The van der Waals surface area contributed by atoms with Gasteiger partial charge in [0.15, 0.2) is 5.82 Å². The molecule has 214 valence electrons. The molecule has 0 radical (unpaired) electrons. The second-order valence-corrected chi connectivity index (χ2v) is 11.8. The molecule has 1 aromatic heterocycles. The van der Waals surface area contributed by atoms with Gasteiger partial charge in [0.05, 0.1) is 12.6 Å². The van der Waals surface area contributed by atoms with Crippen LogP contribution in [0.1, 0.15) is 108 Å². The number of aromatic nitrogens is 3. The van der Waals surface area contributed by atoms with Crippen LogP contribution in [0.2, 0.25) is 0 Å². The smallest absolute Gasteiger partial charge is 0.407 e. The fourth-order valence-corrected chi connectivity index (χ4v) is 6.33. The van der Waals surface area contributed by atoms with Gasteiger partial charge in [-0.1, -0.05) is 82.7 Å². The number of nitrogens with one attached hydrogen (secondary N) is 2. The van der Waals surface area contributed by atoms with Crippen molar-refractivity contribution < 1.29 is 14.3 Å². The van der Waals surface area contributed by atoms with Crippen molar-refractivity contribution in [2.75, 3.05) is 6.61 Å². The Morgan fingerprint density at radius 2 is 1.72 bits per heavy atom. The van der Waals surface area contributed by atoms with E-state index in [1.54, 1.807) is 6.33 Å². The van der Waals surface area contributed by atoms with Gasteiger partial charge in [-0.25, -0.2) is 9.78 Å². The first-order chi connectivity index (χ1) is 19.0. The van der Waals surface area contributed by atoms with Crippen LogP contribution in [0.3, 0.4) is 0 Å². The van der Waals surface area contributed by atoms with Crippen LogP contribution in [0.25, 0.3) is 0 Å². The number of carbonyl (C=O) groups excluding carboxylic acids is 2. The molecule has 2 atom stereocenters. The number of hydrogen-bond donors (Lipinski definition) is 2. The summed E-state index contributed by atoms with van der Waals surface area (Å²) in [6.45, 7) is 4.46. The van der Waals surface area contributed by atoms with E-state index < -0.39 is 0 Å². The lowest BCUT2D eigenvalue weighted by atomic mass is 9.82. The average molecular weight is 538 g/mol. The summed E-state index contributed by atoms with van der Waals surface area (Å²) < 4.78 is 5.46. The minimum atomic E-state index is -0.362. The van der Waals surface area contributed by atoms with E-state index in [1.165, 1.54) is 25.7 Å². The highest BCUT2D eigenvalue weighted by Gasteiger charge is 2.35. The summed E-state index contributed by atoms with van der Waals surface area (Å²) >= 11 is 0. The Morgan fingerprint density at radius 3 is 2.36 bits per heavy atom. The van der Waals surface area contributed by atoms with Gasteiger partial charge in [-0.3, -0.25) is 9.89 Å². The molecule has 0 saturated heterocycles. The topological polar surface area (TPSA) is 100 Å². The maximum Gasteiger partial charge on any atom is 0.407 e. The normalized spacial score (nSPS) is 18.4. The highest BCUT2D eigenvalue weighted by molar-refractivity contribution is 5.77. The fourth-order valence-electron chi connectivity index (χ4n) is 6.33. The first-order valence-corrected chi connectivity index (χ1v) is 15.1. The number of alkyl carbamates (subject to hydrolysis) is 1. The lowest BCUT2D eigenvalue weighted by Gasteiger charge is -2.40. The van der Waals surface area contributed by atoms with E-state index in [4.69, 9.17) is 4.74 Å². The third kappa shape index (κ3) is 8.80. The number of rotatable bonds is 12. The van der Waals surface area contributed by atoms with E-state index in [0.29, 0.717) is 37.6 Å². The predicted molar refractivity (Wildman–Crippen MR) is 152 cm³/mol. The first kappa shape index (κ1) is 29.1. The molecule has 2 fully saturated rings. The van der Waals surface area contributed by atoms with Crippen molar-refractivity contribution in [2.45, 2.75) is 115 Å². The quantitative estimate of drug-likeness (QED) is 0.328. The van der Waals surface area contributed by atoms with Gasteiger partial charge in [0.1, 0.15) is 6.33 Å². The number of benzene rings is 1. The lowest BCUT2D eigenvalue weighted by molar-refractivity contribution is -0.138. The summed E-state index contributed by atoms with van der Waals surface area (Å²) in [6, 6.07) is 10.2. The van der Waals surface area contributed by atoms with Crippen molar-refractivity contribution in [3.05, 3.63) is 48.0 Å². The van der Waals surface area contributed by atoms with E-state index in [9.17, 15) is 9.59 Å². The molecule has 2 amide bonds. The van der Waals surface area contributed by atoms with Crippen molar-refractivity contribution in [1.82, 2.24) is 25.4 Å². The van der Waals surface area contributed by atoms with E-state index in [-0.39, 0.29) is 36.0 Å². The Kier molecular flexibility index (Phi) is 11.2. The standard InChI is InChI=1S/C31H47N5O3/c1-23(2)21-39-31(38)34-27(25-14-8-4-9-15-25)18-19-29(37)36(26-16-10-5-11-17-26)28(30-32-22-33-35-30)20-24-12-6-3-7-13-24/h3,6-7,12-13,22-23,25-28H,4-5,8-11,14-21H2,1-2H3,(H,34,38)(H,32,33,35)/t27-,28?/m0/s1. The van der Waals surface area contributed by atoms with E-state index in [2.05, 4.69) is 37.5 Å². The molecule has 0 bridgehead atoms. The van der Waals surface area contributed by atoms with Crippen LogP contribution in [0.15, 0.2) is 36.7 Å². The fraction of sp³-hybridized carbons (Fsp3) is 0.677. The van der Waals surface area contributed by atoms with E-state index >= 15 is 0 Å². The Morgan fingerprint density at radius 1 is 1.03 bits per heavy atom. The maximum atomic E-state index is 14.2. The van der Waals surface area contributed by atoms with Crippen molar-refractivity contribution in [3.8, 4) is 0 Å². The van der Waals surface area contributed by atoms with Crippen LogP contribution >= 0.6 is 0 Å². The number of H-pyrrole nitrogens is 1. The minimum Gasteiger partial charge on any atom is -0.449 e. The van der Waals surface area contributed by atoms with Gasteiger partial charge in [0.25, 0.3) is 0 Å². The molecule has 1 heterocycles. The molecule has 2 aliphatic rings. The summed E-state index contributed by atoms with van der Waals surface area (Å²) in [4.78, 5) is 33.4. The van der Waals surface area contributed by atoms with Gasteiger partial charge in [-0.15, -0.1) is 0 Å². The number of nitrogens with zero attached hydrogens (tertiary/aromatic N) is 3. The molecule has 2 saturated carbocycles. The van der Waals surface area contributed by atoms with Crippen LogP contribution in [0.4, 0.5) is 4.79 Å². The summed E-state index contributed by atoms with van der Waals surface area (Å²) in [7, 11) is 0. The highest BCUT2D eigenvalue weighted by atomic mass is 16.5. The minimum absolute atomic E-state index is 0.0572. The zero-order valence-corrected chi connectivity index (χ0v) is 23.8. The SMILES string of the molecule is CC(C)COC(=O)N[C@@H](CCC(=O)N(C1CCCCC1)C(Cc1ccccc1)c1nc[nH]n1)C1CCCCC1. The van der Waals surface area contributed by atoms with Crippen molar-refractivity contribution in [3.63, 3.8) is 0 Å². The Balaban J connectivity index is 1.52. The largest absolute Gasteiger partial charge is 0.449 e. The molecule has 0 aliphatic heterocycles. The summed E-state index contributed by atoms with van der Waals surface area (Å²) in [5, 5.41) is 10.5. The second kappa shape index (κ2) is 15.0.